The van der Waals surface area contributed by atoms with Crippen LogP contribution >= 0.6 is 27.5 Å². The molecule has 0 aromatic heterocycles. The van der Waals surface area contributed by atoms with Crippen molar-refractivity contribution in [1.29, 1.82) is 0 Å². The molecule has 0 bridgehead atoms. The molecule has 2 unspecified atom stereocenters. The number of ether oxygens (including phenoxy) is 1. The van der Waals surface area contributed by atoms with Gasteiger partial charge in [-0.15, -0.1) is 0 Å². The average Bonchev–Trinajstić information content (AvgIpc) is 2.42. The Balaban J connectivity index is 1.94. The number of fused-ring (bicyclic) bond motifs is 1. The van der Waals surface area contributed by atoms with Crippen molar-refractivity contribution in [2.75, 3.05) is 0 Å². The number of nitrogens with two attached hydrogens (primary N) is 1. The van der Waals surface area contributed by atoms with Crippen LogP contribution in [0.25, 0.3) is 0 Å². The van der Waals surface area contributed by atoms with Gasteiger partial charge in [-0.2, -0.15) is 0 Å². The minimum atomic E-state index is -0.431. The molecule has 2 atom stereocenters. The molecule has 0 saturated heterocycles. The quantitative estimate of drug-likeness (QED) is 0.799. The number of hydrogen-bond donors (Lipinski definition) is 1. The molecule has 2 aromatic carbocycles. The van der Waals surface area contributed by atoms with Gasteiger partial charge in [-0.25, -0.2) is 4.39 Å². The number of hydrogen-bond acceptors (Lipinski definition) is 2. The monoisotopic (exact) mass is 355 g/mol. The van der Waals surface area contributed by atoms with Gasteiger partial charge in [0.15, 0.2) is 0 Å². The fourth-order valence-electron chi connectivity index (χ4n) is 2.39. The van der Waals surface area contributed by atoms with E-state index in [-0.39, 0.29) is 17.2 Å². The van der Waals surface area contributed by atoms with E-state index >= 15 is 0 Å². The Hall–Kier alpha value is -1.10. The molecular weight excluding hydrogens is 345 g/mol. The van der Waals surface area contributed by atoms with Crippen LogP contribution in [0, 0.1) is 5.82 Å². The van der Waals surface area contributed by atoms with Crippen LogP contribution in [-0.2, 0) is 0 Å². The average molecular weight is 357 g/mol. The lowest BCUT2D eigenvalue weighted by Gasteiger charge is -2.30. The summed E-state index contributed by atoms with van der Waals surface area (Å²) in [4.78, 5) is 0. The van der Waals surface area contributed by atoms with Crippen molar-refractivity contribution in [3.05, 3.63) is 62.8 Å². The highest BCUT2D eigenvalue weighted by molar-refractivity contribution is 9.10. The molecule has 104 valence electrons. The fourth-order valence-corrected chi connectivity index (χ4v) is 2.96. The van der Waals surface area contributed by atoms with Crippen molar-refractivity contribution >= 4 is 27.5 Å². The van der Waals surface area contributed by atoms with Crippen LogP contribution in [0.5, 0.6) is 5.75 Å². The molecule has 2 N–H and O–H groups in total. The third-order valence-electron chi connectivity index (χ3n) is 3.42. The molecule has 2 aromatic rings. The highest BCUT2D eigenvalue weighted by atomic mass is 79.9. The van der Waals surface area contributed by atoms with Crippen LogP contribution in [0.2, 0.25) is 5.02 Å². The summed E-state index contributed by atoms with van der Waals surface area (Å²) in [6.45, 7) is 0. The van der Waals surface area contributed by atoms with E-state index in [0.29, 0.717) is 6.42 Å². The Morgan fingerprint density at radius 1 is 1.25 bits per heavy atom. The van der Waals surface area contributed by atoms with Crippen molar-refractivity contribution in [3.63, 3.8) is 0 Å². The molecule has 0 aliphatic carbocycles. The largest absolute Gasteiger partial charge is 0.485 e. The van der Waals surface area contributed by atoms with E-state index in [1.54, 1.807) is 12.1 Å². The lowest BCUT2D eigenvalue weighted by Crippen LogP contribution is -2.24. The summed E-state index contributed by atoms with van der Waals surface area (Å²) in [6, 6.07) is 10.3. The third-order valence-corrected chi connectivity index (χ3v) is 4.21. The van der Waals surface area contributed by atoms with Gasteiger partial charge >= 0.3 is 0 Å². The molecule has 1 aliphatic rings. The summed E-state index contributed by atoms with van der Waals surface area (Å²) in [7, 11) is 0. The Kier molecular flexibility index (Phi) is 3.71. The predicted molar refractivity (Wildman–Crippen MR) is 80.5 cm³/mol. The van der Waals surface area contributed by atoms with Gasteiger partial charge < -0.3 is 10.5 Å². The van der Waals surface area contributed by atoms with Gasteiger partial charge in [-0.3, -0.25) is 0 Å². The normalized spacial score (nSPS) is 21.2. The molecular formula is C15H12BrClFNO. The number of halogens is 3. The summed E-state index contributed by atoms with van der Waals surface area (Å²) in [5, 5.41) is 0.0984. The highest BCUT2D eigenvalue weighted by Gasteiger charge is 2.27. The standard InChI is InChI=1S/C15H12BrClFNO/c16-9-2-4-14-10(6-9)13(19)7-15(20-14)8-1-3-12(18)11(17)5-8/h1-6,13,15H,7,19H2. The van der Waals surface area contributed by atoms with Gasteiger partial charge in [0.25, 0.3) is 0 Å². The van der Waals surface area contributed by atoms with Gasteiger partial charge in [-0.05, 0) is 35.9 Å². The lowest BCUT2D eigenvalue weighted by atomic mass is 9.93. The van der Waals surface area contributed by atoms with Crippen molar-refractivity contribution < 1.29 is 9.13 Å². The van der Waals surface area contributed by atoms with E-state index < -0.39 is 5.82 Å². The first-order chi connectivity index (χ1) is 9.54. The van der Waals surface area contributed by atoms with E-state index in [0.717, 1.165) is 21.3 Å². The maximum atomic E-state index is 13.2. The van der Waals surface area contributed by atoms with Crippen LogP contribution in [0.1, 0.15) is 29.7 Å². The smallest absolute Gasteiger partial charge is 0.141 e. The van der Waals surface area contributed by atoms with E-state index in [1.807, 2.05) is 18.2 Å². The van der Waals surface area contributed by atoms with Gasteiger partial charge in [0.05, 0.1) is 5.02 Å². The van der Waals surface area contributed by atoms with Crippen LogP contribution in [0.4, 0.5) is 4.39 Å². The van der Waals surface area contributed by atoms with Crippen molar-refractivity contribution in [1.82, 2.24) is 0 Å². The van der Waals surface area contributed by atoms with Crippen molar-refractivity contribution in [2.45, 2.75) is 18.6 Å². The second kappa shape index (κ2) is 5.35. The van der Waals surface area contributed by atoms with E-state index in [2.05, 4.69) is 15.9 Å². The van der Waals surface area contributed by atoms with Crippen molar-refractivity contribution in [2.24, 2.45) is 5.73 Å². The van der Waals surface area contributed by atoms with Gasteiger partial charge in [0.2, 0.25) is 0 Å². The summed E-state index contributed by atoms with van der Waals surface area (Å²) in [5.74, 6) is 0.331. The maximum absolute atomic E-state index is 13.2. The second-order valence-corrected chi connectivity index (χ2v) is 6.13. The SMILES string of the molecule is NC1CC(c2ccc(F)c(Cl)c2)Oc2ccc(Br)cc21. The first-order valence-electron chi connectivity index (χ1n) is 6.21. The molecule has 20 heavy (non-hydrogen) atoms. The van der Waals surface area contributed by atoms with Crippen LogP contribution < -0.4 is 10.5 Å². The summed E-state index contributed by atoms with van der Waals surface area (Å²) in [6.07, 6.45) is 0.419. The number of benzene rings is 2. The zero-order chi connectivity index (χ0) is 14.3. The molecule has 0 amide bonds. The predicted octanol–water partition coefficient (Wildman–Crippen LogP) is 4.77. The minimum Gasteiger partial charge on any atom is -0.485 e. The molecule has 1 aliphatic heterocycles. The second-order valence-electron chi connectivity index (χ2n) is 4.80. The van der Waals surface area contributed by atoms with Crippen LogP contribution in [-0.4, -0.2) is 0 Å². The molecule has 0 radical (unpaired) electrons. The Morgan fingerprint density at radius 2 is 2.05 bits per heavy atom. The Morgan fingerprint density at radius 3 is 2.80 bits per heavy atom. The highest BCUT2D eigenvalue weighted by Crippen LogP contribution is 2.41. The van der Waals surface area contributed by atoms with E-state index in [4.69, 9.17) is 22.1 Å². The van der Waals surface area contributed by atoms with Gasteiger partial charge in [-0.1, -0.05) is 33.6 Å². The van der Waals surface area contributed by atoms with Gasteiger partial charge in [0, 0.05) is 22.5 Å². The first-order valence-corrected chi connectivity index (χ1v) is 7.38. The third kappa shape index (κ3) is 2.55. The van der Waals surface area contributed by atoms with Crippen LogP contribution in [0.15, 0.2) is 40.9 Å². The summed E-state index contributed by atoms with van der Waals surface area (Å²) < 4.78 is 20.2. The van der Waals surface area contributed by atoms with Gasteiger partial charge in [0.1, 0.15) is 17.7 Å². The van der Waals surface area contributed by atoms with E-state index in [1.165, 1.54) is 6.07 Å². The molecule has 0 fully saturated rings. The Labute approximate surface area is 129 Å². The molecule has 0 saturated carbocycles. The Bertz CT molecular complexity index is 664. The fraction of sp³-hybridized carbons (Fsp3) is 0.200. The number of rotatable bonds is 1. The summed E-state index contributed by atoms with van der Waals surface area (Å²) in [5.41, 5.74) is 8.01. The summed E-state index contributed by atoms with van der Waals surface area (Å²) >= 11 is 9.25. The minimum absolute atomic E-state index is 0.0984. The van der Waals surface area contributed by atoms with E-state index in [9.17, 15) is 4.39 Å². The first kappa shape index (κ1) is 13.9. The zero-order valence-electron chi connectivity index (χ0n) is 10.4. The van der Waals surface area contributed by atoms with Crippen LogP contribution in [0.3, 0.4) is 0 Å². The molecule has 0 spiro atoms. The topological polar surface area (TPSA) is 35.2 Å². The molecule has 2 nitrogen and oxygen atoms in total. The molecule has 5 heteroatoms. The molecule has 3 rings (SSSR count). The maximum Gasteiger partial charge on any atom is 0.141 e. The lowest BCUT2D eigenvalue weighted by molar-refractivity contribution is 0.161. The zero-order valence-corrected chi connectivity index (χ0v) is 12.8. The molecule has 1 heterocycles. The van der Waals surface area contributed by atoms with Crippen molar-refractivity contribution in [3.8, 4) is 5.75 Å².